The van der Waals surface area contributed by atoms with Crippen LogP contribution in [0.2, 0.25) is 0 Å². The molecule has 0 aromatic heterocycles. The smallest absolute Gasteiger partial charge is 0.303 e. The molecule has 0 unspecified atom stereocenters. The van der Waals surface area contributed by atoms with E-state index in [-0.39, 0.29) is 0 Å². The van der Waals surface area contributed by atoms with Crippen molar-refractivity contribution < 1.29 is 9.90 Å². The summed E-state index contributed by atoms with van der Waals surface area (Å²) in [6.07, 6.45) is 23.0. The average Bonchev–Trinajstić information content (AvgIpc) is 3.44. The molecule has 0 aromatic carbocycles. The van der Waals surface area contributed by atoms with Crippen molar-refractivity contribution in [3.05, 3.63) is 12.2 Å². The van der Waals surface area contributed by atoms with Crippen molar-refractivity contribution in [2.75, 3.05) is 52.4 Å². The summed E-state index contributed by atoms with van der Waals surface area (Å²) >= 11 is 0. The zero-order chi connectivity index (χ0) is 26.1. The number of carboxylic acid groups (broad SMARTS) is 1. The molecule has 0 bridgehead atoms. The lowest BCUT2D eigenvalue weighted by Gasteiger charge is -2.03. The van der Waals surface area contributed by atoms with Crippen LogP contribution in [0.5, 0.6) is 0 Å². The molecule has 0 saturated carbocycles. The maximum absolute atomic E-state index is 10.3. The van der Waals surface area contributed by atoms with E-state index in [9.17, 15) is 4.79 Å². The van der Waals surface area contributed by atoms with Crippen molar-refractivity contribution in [2.24, 2.45) is 16.5 Å². The molecule has 0 saturated heterocycles. The van der Waals surface area contributed by atoms with E-state index in [1.807, 2.05) is 0 Å². The van der Waals surface area contributed by atoms with Gasteiger partial charge >= 0.3 is 5.97 Å². The number of carbonyl (C=O) groups is 1. The van der Waals surface area contributed by atoms with E-state index >= 15 is 0 Å². The number of rotatable bonds is 22. The SMILES string of the molecule is C1=NCCN1.CCCCCCCC/C=C\CCCCCCCC(=O)O.NCCNCCNCCN. The number of hydrogen-bond acceptors (Lipinski definition) is 7. The van der Waals surface area contributed by atoms with Crippen molar-refractivity contribution in [1.29, 1.82) is 0 Å². The lowest BCUT2D eigenvalue weighted by atomic mass is 10.1. The van der Waals surface area contributed by atoms with E-state index in [0.29, 0.717) is 19.5 Å². The molecule has 0 amide bonds. The molecule has 0 atom stereocenters. The molecule has 1 aliphatic rings. The van der Waals surface area contributed by atoms with Crippen LogP contribution in [0, 0.1) is 0 Å². The van der Waals surface area contributed by atoms with Gasteiger partial charge in [-0.3, -0.25) is 9.79 Å². The summed E-state index contributed by atoms with van der Waals surface area (Å²) < 4.78 is 0. The zero-order valence-corrected chi connectivity index (χ0v) is 22.7. The second-order valence-electron chi connectivity index (χ2n) is 8.79. The van der Waals surface area contributed by atoms with Crippen LogP contribution >= 0.6 is 0 Å². The first-order valence-corrected chi connectivity index (χ1v) is 14.1. The summed E-state index contributed by atoms with van der Waals surface area (Å²) in [5.41, 5.74) is 10.5. The zero-order valence-electron chi connectivity index (χ0n) is 22.7. The van der Waals surface area contributed by atoms with E-state index in [1.54, 1.807) is 6.34 Å². The predicted octanol–water partition coefficient (Wildman–Crippen LogP) is 3.81. The highest BCUT2D eigenvalue weighted by Gasteiger charge is 1.96. The van der Waals surface area contributed by atoms with Gasteiger partial charge in [0.05, 0.1) is 12.9 Å². The third kappa shape index (κ3) is 40.0. The fourth-order valence-corrected chi connectivity index (χ4v) is 3.30. The van der Waals surface area contributed by atoms with Crippen LogP contribution in [-0.4, -0.2) is 69.8 Å². The number of aliphatic carboxylic acids is 1. The van der Waals surface area contributed by atoms with Crippen molar-refractivity contribution >= 4 is 12.3 Å². The fourth-order valence-electron chi connectivity index (χ4n) is 3.30. The number of allylic oxidation sites excluding steroid dienone is 2. The minimum absolute atomic E-state index is 0.332. The molecular weight excluding hydrogens is 440 g/mol. The van der Waals surface area contributed by atoms with E-state index in [0.717, 1.165) is 52.1 Å². The molecule has 0 spiro atoms. The Morgan fingerprint density at radius 1 is 0.857 bits per heavy atom. The molecule has 35 heavy (non-hydrogen) atoms. The van der Waals surface area contributed by atoms with Crippen LogP contribution < -0.4 is 27.4 Å². The Bertz CT molecular complexity index is 447. The van der Waals surface area contributed by atoms with Crippen molar-refractivity contribution in [3.8, 4) is 0 Å². The first-order valence-electron chi connectivity index (χ1n) is 14.1. The van der Waals surface area contributed by atoms with Gasteiger partial charge in [0.25, 0.3) is 0 Å². The summed E-state index contributed by atoms with van der Waals surface area (Å²) in [6, 6.07) is 0. The lowest BCUT2D eigenvalue weighted by Crippen LogP contribution is -2.32. The van der Waals surface area contributed by atoms with Gasteiger partial charge in [-0.25, -0.2) is 0 Å². The summed E-state index contributed by atoms with van der Waals surface area (Å²) in [6.45, 7) is 9.38. The molecule has 8 nitrogen and oxygen atoms in total. The first-order chi connectivity index (χ1) is 17.2. The Morgan fingerprint density at radius 3 is 1.77 bits per heavy atom. The van der Waals surface area contributed by atoms with Crippen LogP contribution in [0.4, 0.5) is 0 Å². The highest BCUT2D eigenvalue weighted by atomic mass is 16.4. The third-order valence-electron chi connectivity index (χ3n) is 5.34. The summed E-state index contributed by atoms with van der Waals surface area (Å²) in [5, 5.41) is 17.8. The number of aliphatic imine (C=N–C) groups is 1. The maximum Gasteiger partial charge on any atom is 0.303 e. The summed E-state index contributed by atoms with van der Waals surface area (Å²) in [4.78, 5) is 14.2. The number of nitrogens with two attached hydrogens (primary N) is 2. The van der Waals surface area contributed by atoms with E-state index in [1.165, 1.54) is 70.6 Å². The molecular formula is C27H58N6O2. The quantitative estimate of drug-likeness (QED) is 0.0986. The number of nitrogens with one attached hydrogen (secondary N) is 3. The molecule has 0 aliphatic carbocycles. The Kier molecular flexibility index (Phi) is 35.4. The third-order valence-corrected chi connectivity index (χ3v) is 5.34. The number of hydrogen-bond donors (Lipinski definition) is 6. The van der Waals surface area contributed by atoms with Crippen LogP contribution in [-0.2, 0) is 4.79 Å². The van der Waals surface area contributed by atoms with Crippen LogP contribution in [0.15, 0.2) is 17.1 Å². The molecule has 0 fully saturated rings. The summed E-state index contributed by atoms with van der Waals surface area (Å²) in [5.74, 6) is -0.664. The van der Waals surface area contributed by atoms with Gasteiger partial charge in [0.2, 0.25) is 0 Å². The van der Waals surface area contributed by atoms with Crippen molar-refractivity contribution in [1.82, 2.24) is 16.0 Å². The van der Waals surface area contributed by atoms with Gasteiger partial charge in [0.1, 0.15) is 0 Å². The molecule has 1 aliphatic heterocycles. The Balaban J connectivity index is 0. The molecule has 1 rings (SSSR count). The molecule has 208 valence electrons. The lowest BCUT2D eigenvalue weighted by molar-refractivity contribution is -0.137. The predicted molar refractivity (Wildman–Crippen MR) is 152 cm³/mol. The van der Waals surface area contributed by atoms with Crippen molar-refractivity contribution in [2.45, 2.75) is 96.8 Å². The number of unbranched alkanes of at least 4 members (excludes halogenated alkanes) is 11. The van der Waals surface area contributed by atoms with Gasteiger partial charge in [-0.15, -0.1) is 0 Å². The van der Waals surface area contributed by atoms with E-state index in [4.69, 9.17) is 16.6 Å². The fraction of sp³-hybridized carbons (Fsp3) is 0.852. The van der Waals surface area contributed by atoms with Crippen LogP contribution in [0.1, 0.15) is 96.8 Å². The standard InChI is InChI=1S/C18H34O2.C6H18N4.C3H6N2/c1-2-3-4-5-6-7-8-9-10-11-12-13-14-15-16-17-18(19)20;7-1-3-9-5-6-10-4-2-8;1-2-5-3-4-1/h9-10H,2-8,11-17H2,1H3,(H,19,20);9-10H,1-8H2;3H,1-2H2,(H,4,5)/b10-9-;;. The van der Waals surface area contributed by atoms with Gasteiger partial charge in [-0.05, 0) is 32.1 Å². The van der Waals surface area contributed by atoms with Gasteiger partial charge in [-0.1, -0.05) is 70.4 Å². The second kappa shape index (κ2) is 34.7. The maximum atomic E-state index is 10.3. The number of carboxylic acids is 1. The Morgan fingerprint density at radius 2 is 1.37 bits per heavy atom. The molecule has 0 radical (unpaired) electrons. The normalized spacial score (nSPS) is 12.1. The van der Waals surface area contributed by atoms with Gasteiger partial charge in [-0.2, -0.15) is 0 Å². The highest BCUT2D eigenvalue weighted by molar-refractivity contribution is 5.66. The molecule has 1 heterocycles. The summed E-state index contributed by atoms with van der Waals surface area (Å²) in [7, 11) is 0. The Hall–Kier alpha value is -1.48. The highest BCUT2D eigenvalue weighted by Crippen LogP contribution is 2.09. The second-order valence-corrected chi connectivity index (χ2v) is 8.79. The van der Waals surface area contributed by atoms with Crippen LogP contribution in [0.25, 0.3) is 0 Å². The molecule has 0 aromatic rings. The minimum atomic E-state index is -0.664. The Labute approximate surface area is 216 Å². The van der Waals surface area contributed by atoms with Gasteiger partial charge in [0.15, 0.2) is 0 Å². The van der Waals surface area contributed by atoms with E-state index < -0.39 is 5.97 Å². The van der Waals surface area contributed by atoms with E-state index in [2.05, 4.69) is 40.0 Å². The average molecular weight is 499 g/mol. The minimum Gasteiger partial charge on any atom is -0.481 e. The molecule has 8 heteroatoms. The van der Waals surface area contributed by atoms with Crippen molar-refractivity contribution in [3.63, 3.8) is 0 Å². The topological polar surface area (TPSA) is 138 Å². The van der Waals surface area contributed by atoms with Gasteiger partial charge < -0.3 is 32.5 Å². The largest absolute Gasteiger partial charge is 0.481 e. The monoisotopic (exact) mass is 498 g/mol. The molecule has 8 N–H and O–H groups in total. The first kappa shape index (κ1) is 35.7. The number of nitrogens with zero attached hydrogens (tertiary/aromatic N) is 1. The van der Waals surface area contributed by atoms with Gasteiger partial charge in [0, 0.05) is 52.2 Å². The van der Waals surface area contributed by atoms with Crippen LogP contribution in [0.3, 0.4) is 0 Å².